The van der Waals surface area contributed by atoms with Gasteiger partial charge in [0.1, 0.15) is 0 Å². The van der Waals surface area contributed by atoms with E-state index in [9.17, 15) is 4.79 Å². The number of rotatable bonds is 8. The quantitative estimate of drug-likeness (QED) is 0.637. The predicted octanol–water partition coefficient (Wildman–Crippen LogP) is 4.38. The molecule has 0 saturated heterocycles. The summed E-state index contributed by atoms with van der Waals surface area (Å²) in [6.45, 7) is 2.59. The number of thioether (sulfide) groups is 1. The summed E-state index contributed by atoms with van der Waals surface area (Å²) in [5.41, 5.74) is 2.21. The van der Waals surface area contributed by atoms with Crippen LogP contribution < -0.4 is 5.32 Å². The molecule has 0 aliphatic carbocycles. The summed E-state index contributed by atoms with van der Waals surface area (Å²) in [6.07, 6.45) is 2.50. The fourth-order valence-electron chi connectivity index (χ4n) is 2.29. The van der Waals surface area contributed by atoms with Gasteiger partial charge >= 0.3 is 0 Å². The van der Waals surface area contributed by atoms with Crippen LogP contribution >= 0.6 is 23.1 Å². The Hall–Kier alpha value is -2.05. The van der Waals surface area contributed by atoms with Crippen LogP contribution in [0.1, 0.15) is 18.2 Å². The zero-order valence-corrected chi connectivity index (χ0v) is 15.6. The van der Waals surface area contributed by atoms with E-state index in [1.165, 1.54) is 5.56 Å². The predicted molar refractivity (Wildman–Crippen MR) is 104 cm³/mol. The van der Waals surface area contributed by atoms with Gasteiger partial charge in [-0.1, -0.05) is 30.3 Å². The fraction of sp³-hybridized carbons (Fsp3) is 0.263. The molecule has 130 valence electrons. The lowest BCUT2D eigenvalue weighted by molar-refractivity contribution is -0.120. The Labute approximate surface area is 155 Å². The molecule has 0 aliphatic heterocycles. The first-order valence-corrected chi connectivity index (χ1v) is 10.1. The van der Waals surface area contributed by atoms with E-state index in [0.717, 1.165) is 22.9 Å². The molecule has 0 bridgehead atoms. The van der Waals surface area contributed by atoms with Crippen molar-refractivity contribution in [1.29, 1.82) is 0 Å². The van der Waals surface area contributed by atoms with E-state index in [1.54, 1.807) is 29.4 Å². The first-order chi connectivity index (χ1) is 12.2. The van der Waals surface area contributed by atoms with Gasteiger partial charge in [-0.15, -0.1) is 23.1 Å². The van der Waals surface area contributed by atoms with Crippen LogP contribution in [0.15, 0.2) is 58.5 Å². The van der Waals surface area contributed by atoms with Crippen LogP contribution in [0.25, 0.3) is 10.8 Å². The highest BCUT2D eigenvalue weighted by atomic mass is 32.2. The first kappa shape index (κ1) is 17.8. The molecule has 1 aromatic carbocycles. The molecule has 1 atom stereocenters. The lowest BCUT2D eigenvalue weighted by atomic mass is 10.1. The standard InChI is InChI=1S/C19H20N2O2S2/c1-14(18(22)20-10-9-15-6-3-2-4-7-15)24-12-16-13-25-19(21-16)17-8-5-11-23-17/h2-8,11,13-14H,9-10,12H2,1H3,(H,20,22). The molecule has 0 spiro atoms. The summed E-state index contributed by atoms with van der Waals surface area (Å²) in [6, 6.07) is 13.9. The topological polar surface area (TPSA) is 55.1 Å². The number of thiazole rings is 1. The van der Waals surface area contributed by atoms with Crippen molar-refractivity contribution in [3.8, 4) is 10.8 Å². The van der Waals surface area contributed by atoms with E-state index in [1.807, 2.05) is 42.6 Å². The van der Waals surface area contributed by atoms with Crippen LogP contribution in [0.3, 0.4) is 0 Å². The second-order valence-electron chi connectivity index (χ2n) is 5.60. The zero-order chi connectivity index (χ0) is 17.5. The Kier molecular flexibility index (Phi) is 6.30. The zero-order valence-electron chi connectivity index (χ0n) is 14.0. The Morgan fingerprint density at radius 1 is 1.28 bits per heavy atom. The maximum atomic E-state index is 12.2. The third kappa shape index (κ3) is 5.21. The largest absolute Gasteiger partial charge is 0.462 e. The van der Waals surface area contributed by atoms with Crippen LogP contribution in [-0.2, 0) is 17.0 Å². The van der Waals surface area contributed by atoms with Crippen LogP contribution in [-0.4, -0.2) is 22.7 Å². The van der Waals surface area contributed by atoms with E-state index >= 15 is 0 Å². The molecule has 1 unspecified atom stereocenters. The summed E-state index contributed by atoms with van der Waals surface area (Å²) in [4.78, 5) is 16.7. The molecular weight excluding hydrogens is 352 g/mol. The van der Waals surface area contributed by atoms with Gasteiger partial charge in [-0.25, -0.2) is 4.98 Å². The number of carbonyl (C=O) groups excluding carboxylic acids is 1. The van der Waals surface area contributed by atoms with Crippen molar-refractivity contribution in [1.82, 2.24) is 10.3 Å². The van der Waals surface area contributed by atoms with E-state index < -0.39 is 0 Å². The van der Waals surface area contributed by atoms with Crippen molar-refractivity contribution < 1.29 is 9.21 Å². The van der Waals surface area contributed by atoms with Gasteiger partial charge in [0.15, 0.2) is 10.8 Å². The Bertz CT molecular complexity index is 785. The monoisotopic (exact) mass is 372 g/mol. The number of nitrogens with zero attached hydrogens (tertiary/aromatic N) is 1. The maximum absolute atomic E-state index is 12.2. The summed E-state index contributed by atoms with van der Waals surface area (Å²) >= 11 is 3.16. The summed E-state index contributed by atoms with van der Waals surface area (Å²) in [5.74, 6) is 1.57. The lowest BCUT2D eigenvalue weighted by Gasteiger charge is -2.11. The van der Waals surface area contributed by atoms with Gasteiger partial charge in [-0.2, -0.15) is 0 Å². The molecular formula is C19H20N2O2S2. The second kappa shape index (κ2) is 8.87. The average molecular weight is 373 g/mol. The molecule has 1 N–H and O–H groups in total. The van der Waals surface area contributed by atoms with E-state index in [2.05, 4.69) is 22.4 Å². The van der Waals surface area contributed by atoms with Crippen molar-refractivity contribution in [3.63, 3.8) is 0 Å². The van der Waals surface area contributed by atoms with Gasteiger partial charge in [0.25, 0.3) is 0 Å². The van der Waals surface area contributed by atoms with E-state index in [0.29, 0.717) is 12.3 Å². The van der Waals surface area contributed by atoms with Crippen molar-refractivity contribution in [2.75, 3.05) is 6.54 Å². The normalized spacial score (nSPS) is 12.0. The van der Waals surface area contributed by atoms with Crippen molar-refractivity contribution >= 4 is 29.0 Å². The number of nitrogens with one attached hydrogen (secondary N) is 1. The molecule has 2 aromatic heterocycles. The molecule has 25 heavy (non-hydrogen) atoms. The maximum Gasteiger partial charge on any atom is 0.232 e. The smallest absolute Gasteiger partial charge is 0.232 e. The number of benzene rings is 1. The molecule has 3 rings (SSSR count). The van der Waals surface area contributed by atoms with Crippen molar-refractivity contribution in [2.24, 2.45) is 0 Å². The molecule has 0 radical (unpaired) electrons. The first-order valence-electron chi connectivity index (χ1n) is 8.14. The van der Waals surface area contributed by atoms with Crippen molar-refractivity contribution in [3.05, 3.63) is 65.4 Å². The number of hydrogen-bond acceptors (Lipinski definition) is 5. The minimum atomic E-state index is -0.107. The van der Waals surface area contributed by atoms with Crippen LogP contribution in [0, 0.1) is 0 Å². The van der Waals surface area contributed by atoms with Crippen LogP contribution in [0.5, 0.6) is 0 Å². The number of hydrogen-bond donors (Lipinski definition) is 1. The number of amides is 1. The van der Waals surface area contributed by atoms with Gasteiger partial charge in [0, 0.05) is 17.7 Å². The Balaban J connectivity index is 1.41. The number of aromatic nitrogens is 1. The highest BCUT2D eigenvalue weighted by Gasteiger charge is 2.14. The summed E-state index contributed by atoms with van der Waals surface area (Å²) < 4.78 is 5.35. The van der Waals surface area contributed by atoms with E-state index in [4.69, 9.17) is 4.42 Å². The Morgan fingerprint density at radius 2 is 2.12 bits per heavy atom. The van der Waals surface area contributed by atoms with Crippen LogP contribution in [0.4, 0.5) is 0 Å². The van der Waals surface area contributed by atoms with Crippen molar-refractivity contribution in [2.45, 2.75) is 24.3 Å². The molecule has 0 fully saturated rings. The lowest BCUT2D eigenvalue weighted by Crippen LogP contribution is -2.32. The SMILES string of the molecule is CC(SCc1csc(-c2ccco2)n1)C(=O)NCCc1ccccc1. The fourth-order valence-corrected chi connectivity index (χ4v) is 3.99. The van der Waals surface area contributed by atoms with Crippen LogP contribution in [0.2, 0.25) is 0 Å². The molecule has 4 nitrogen and oxygen atoms in total. The highest BCUT2D eigenvalue weighted by molar-refractivity contribution is 7.99. The molecule has 6 heteroatoms. The highest BCUT2D eigenvalue weighted by Crippen LogP contribution is 2.26. The van der Waals surface area contributed by atoms with Gasteiger partial charge in [0.05, 0.1) is 17.2 Å². The Morgan fingerprint density at radius 3 is 2.88 bits per heavy atom. The third-order valence-electron chi connectivity index (χ3n) is 3.69. The van der Waals surface area contributed by atoms with Gasteiger partial charge in [-0.3, -0.25) is 4.79 Å². The van der Waals surface area contributed by atoms with Gasteiger partial charge < -0.3 is 9.73 Å². The number of carbonyl (C=O) groups is 1. The van der Waals surface area contributed by atoms with E-state index in [-0.39, 0.29) is 11.2 Å². The molecule has 3 aromatic rings. The van der Waals surface area contributed by atoms with Gasteiger partial charge in [0.2, 0.25) is 5.91 Å². The molecule has 0 saturated carbocycles. The minimum absolute atomic E-state index is 0.0717. The van der Waals surface area contributed by atoms with Gasteiger partial charge in [-0.05, 0) is 31.0 Å². The second-order valence-corrected chi connectivity index (χ2v) is 7.79. The molecule has 0 aliphatic rings. The average Bonchev–Trinajstić information content (AvgIpc) is 3.32. The molecule has 2 heterocycles. The summed E-state index contributed by atoms with van der Waals surface area (Å²) in [7, 11) is 0. The third-order valence-corrected chi connectivity index (χ3v) is 5.77. The minimum Gasteiger partial charge on any atom is -0.462 e. The number of furan rings is 1. The molecule has 1 amide bonds. The summed E-state index contributed by atoms with van der Waals surface area (Å²) in [5, 5.41) is 5.79.